The van der Waals surface area contributed by atoms with Crippen molar-refractivity contribution in [3.8, 4) is 0 Å². The predicted octanol–water partition coefficient (Wildman–Crippen LogP) is 3.48. The zero-order valence-corrected chi connectivity index (χ0v) is 8.87. The van der Waals surface area contributed by atoms with Crippen LogP contribution in [0.3, 0.4) is 0 Å². The molecule has 1 aromatic carbocycles. The van der Waals surface area contributed by atoms with Crippen LogP contribution in [-0.2, 0) is 0 Å². The minimum atomic E-state index is -1.25. The molecule has 0 saturated heterocycles. The number of aliphatic hydroxyl groups excluding tert-OH is 1. The van der Waals surface area contributed by atoms with Crippen LogP contribution in [0.1, 0.15) is 11.7 Å². The first-order valence-electron chi connectivity index (χ1n) is 3.89. The Morgan fingerprint density at radius 2 is 2.20 bits per heavy atom. The van der Waals surface area contributed by atoms with Crippen molar-refractivity contribution in [2.45, 2.75) is 6.10 Å². The maximum absolute atomic E-state index is 13.4. The minimum Gasteiger partial charge on any atom is -0.388 e. The van der Waals surface area contributed by atoms with Crippen LogP contribution in [0.5, 0.6) is 0 Å². The molecule has 7 heteroatoms. The van der Waals surface area contributed by atoms with Crippen LogP contribution in [0.25, 0.3) is 10.4 Å². The Bertz CT molecular complexity index is 421. The molecule has 0 bridgehead atoms. The second-order valence-electron chi connectivity index (χ2n) is 2.72. The van der Waals surface area contributed by atoms with E-state index in [-0.39, 0.29) is 22.2 Å². The maximum atomic E-state index is 13.4. The zero-order chi connectivity index (χ0) is 11.4. The van der Waals surface area contributed by atoms with Crippen molar-refractivity contribution < 1.29 is 9.50 Å². The molecule has 0 aliphatic carbocycles. The molecule has 1 aromatic rings. The zero-order valence-electron chi connectivity index (χ0n) is 7.36. The largest absolute Gasteiger partial charge is 0.388 e. The summed E-state index contributed by atoms with van der Waals surface area (Å²) < 4.78 is 13.4. The highest BCUT2D eigenvalue weighted by Gasteiger charge is 2.15. The number of benzene rings is 1. The molecule has 1 rings (SSSR count). The summed E-state index contributed by atoms with van der Waals surface area (Å²) in [5.74, 6) is -0.762. The molecular weight excluding hydrogens is 244 g/mol. The van der Waals surface area contributed by atoms with E-state index in [9.17, 15) is 9.50 Å². The summed E-state index contributed by atoms with van der Waals surface area (Å²) in [6, 6.07) is 2.46. The Morgan fingerprint density at radius 1 is 1.53 bits per heavy atom. The summed E-state index contributed by atoms with van der Waals surface area (Å²) in [6.45, 7) is -0.274. The third-order valence-electron chi connectivity index (χ3n) is 1.70. The molecule has 1 N–H and O–H groups in total. The van der Waals surface area contributed by atoms with Gasteiger partial charge in [0.1, 0.15) is 5.82 Å². The van der Waals surface area contributed by atoms with Crippen LogP contribution >= 0.6 is 23.2 Å². The van der Waals surface area contributed by atoms with Crippen molar-refractivity contribution in [1.82, 2.24) is 0 Å². The van der Waals surface area contributed by atoms with Crippen molar-refractivity contribution in [1.29, 1.82) is 0 Å². The van der Waals surface area contributed by atoms with Gasteiger partial charge < -0.3 is 5.11 Å². The standard InChI is InChI=1S/C8H6Cl2FN3O/c9-4-1-5(7(15)3-13-14-12)8(11)6(10)2-4/h1-2,7,15H,3H2/t7-/m1/s1. The van der Waals surface area contributed by atoms with Gasteiger partial charge >= 0.3 is 0 Å². The third-order valence-corrected chi connectivity index (χ3v) is 2.19. The molecule has 0 aliphatic heterocycles. The molecule has 0 radical (unpaired) electrons. The summed E-state index contributed by atoms with van der Waals surface area (Å²) in [5.41, 5.74) is 7.96. The van der Waals surface area contributed by atoms with Crippen LogP contribution in [-0.4, -0.2) is 11.7 Å². The van der Waals surface area contributed by atoms with Crippen LogP contribution in [0.15, 0.2) is 17.2 Å². The van der Waals surface area contributed by atoms with E-state index in [0.717, 1.165) is 0 Å². The monoisotopic (exact) mass is 249 g/mol. The number of halogens is 3. The predicted molar refractivity (Wildman–Crippen MR) is 55.4 cm³/mol. The molecule has 0 aromatic heterocycles. The molecule has 15 heavy (non-hydrogen) atoms. The van der Waals surface area contributed by atoms with Crippen LogP contribution in [0.4, 0.5) is 4.39 Å². The van der Waals surface area contributed by atoms with Gasteiger partial charge in [-0.15, -0.1) is 0 Å². The van der Waals surface area contributed by atoms with Crippen molar-refractivity contribution in [3.63, 3.8) is 0 Å². The molecule has 0 amide bonds. The molecule has 4 nitrogen and oxygen atoms in total. The normalized spacial score (nSPS) is 12.0. The number of azide groups is 1. The van der Waals surface area contributed by atoms with Gasteiger partial charge in [-0.25, -0.2) is 4.39 Å². The Kier molecular flexibility index (Phi) is 4.17. The van der Waals surface area contributed by atoms with Gasteiger partial charge in [0.2, 0.25) is 0 Å². The Hall–Kier alpha value is -1.00. The Labute approximate surface area is 94.9 Å². The van der Waals surface area contributed by atoms with Gasteiger partial charge in [-0.05, 0) is 17.7 Å². The Balaban J connectivity index is 3.07. The van der Waals surface area contributed by atoms with Gasteiger partial charge in [0, 0.05) is 15.5 Å². The van der Waals surface area contributed by atoms with E-state index in [4.69, 9.17) is 28.7 Å². The molecule has 0 saturated carbocycles. The van der Waals surface area contributed by atoms with Crippen LogP contribution < -0.4 is 0 Å². The summed E-state index contributed by atoms with van der Waals surface area (Å²) in [4.78, 5) is 2.45. The van der Waals surface area contributed by atoms with E-state index in [2.05, 4.69) is 10.0 Å². The van der Waals surface area contributed by atoms with Gasteiger partial charge in [-0.1, -0.05) is 28.3 Å². The van der Waals surface area contributed by atoms with Crippen LogP contribution in [0.2, 0.25) is 10.0 Å². The first kappa shape index (κ1) is 12.1. The molecule has 0 aliphatic rings. The maximum Gasteiger partial charge on any atom is 0.147 e. The van der Waals surface area contributed by atoms with Crippen molar-refractivity contribution in [2.75, 3.05) is 6.54 Å². The summed E-state index contributed by atoms with van der Waals surface area (Å²) in [6.07, 6.45) is -1.25. The number of nitrogens with zero attached hydrogens (tertiary/aromatic N) is 3. The fraction of sp³-hybridized carbons (Fsp3) is 0.250. The number of rotatable bonds is 3. The third kappa shape index (κ3) is 2.97. The lowest BCUT2D eigenvalue weighted by Gasteiger charge is -2.10. The fourth-order valence-corrected chi connectivity index (χ4v) is 1.54. The van der Waals surface area contributed by atoms with Gasteiger partial charge in [0.15, 0.2) is 0 Å². The molecular formula is C8H6Cl2FN3O. The molecule has 0 spiro atoms. The summed E-state index contributed by atoms with van der Waals surface area (Å²) in [5, 5.41) is 12.6. The Morgan fingerprint density at radius 3 is 2.80 bits per heavy atom. The lowest BCUT2D eigenvalue weighted by Crippen LogP contribution is -2.04. The SMILES string of the molecule is [N-]=[N+]=NC[C@@H](O)c1cc(Cl)cc(Cl)c1F. The van der Waals surface area contributed by atoms with Crippen molar-refractivity contribution in [3.05, 3.63) is 44.0 Å². The van der Waals surface area contributed by atoms with Crippen molar-refractivity contribution in [2.24, 2.45) is 5.11 Å². The van der Waals surface area contributed by atoms with E-state index in [1.807, 2.05) is 0 Å². The average molecular weight is 250 g/mol. The molecule has 0 fully saturated rings. The van der Waals surface area contributed by atoms with E-state index < -0.39 is 11.9 Å². The second kappa shape index (κ2) is 5.19. The van der Waals surface area contributed by atoms with Crippen LogP contribution in [0, 0.1) is 5.82 Å². The van der Waals surface area contributed by atoms with E-state index in [1.54, 1.807) is 0 Å². The number of hydrogen-bond acceptors (Lipinski definition) is 2. The highest BCUT2D eigenvalue weighted by Crippen LogP contribution is 2.28. The van der Waals surface area contributed by atoms with E-state index in [0.29, 0.717) is 0 Å². The first-order chi connectivity index (χ1) is 7.06. The van der Waals surface area contributed by atoms with Gasteiger partial charge in [0.25, 0.3) is 0 Å². The summed E-state index contributed by atoms with van der Waals surface area (Å²) >= 11 is 11.2. The smallest absolute Gasteiger partial charge is 0.147 e. The minimum absolute atomic E-state index is 0.0834. The quantitative estimate of drug-likeness (QED) is 0.379. The van der Waals surface area contributed by atoms with E-state index >= 15 is 0 Å². The highest BCUT2D eigenvalue weighted by molar-refractivity contribution is 6.34. The van der Waals surface area contributed by atoms with Gasteiger partial charge in [-0.2, -0.15) is 0 Å². The van der Waals surface area contributed by atoms with Gasteiger partial charge in [-0.3, -0.25) is 0 Å². The van der Waals surface area contributed by atoms with Gasteiger partial charge in [0.05, 0.1) is 17.7 Å². The molecule has 0 unspecified atom stereocenters. The number of aliphatic hydroxyl groups is 1. The average Bonchev–Trinajstić information content (AvgIpc) is 2.19. The number of hydrogen-bond donors (Lipinski definition) is 1. The lowest BCUT2D eigenvalue weighted by molar-refractivity contribution is 0.182. The molecule has 1 atom stereocenters. The summed E-state index contributed by atoms with van der Waals surface area (Å²) in [7, 11) is 0. The van der Waals surface area contributed by atoms with Crippen molar-refractivity contribution >= 4 is 23.2 Å². The molecule has 80 valence electrons. The first-order valence-corrected chi connectivity index (χ1v) is 4.65. The second-order valence-corrected chi connectivity index (χ2v) is 3.56. The lowest BCUT2D eigenvalue weighted by atomic mass is 10.1. The highest BCUT2D eigenvalue weighted by atomic mass is 35.5. The topological polar surface area (TPSA) is 69.0 Å². The van der Waals surface area contributed by atoms with E-state index in [1.165, 1.54) is 12.1 Å². The molecule has 0 heterocycles. The fourth-order valence-electron chi connectivity index (χ4n) is 1.03.